The van der Waals surface area contributed by atoms with Gasteiger partial charge in [0.2, 0.25) is 23.6 Å². The fraction of sp³-hybridized carbons (Fsp3) is 0.517. The number of primary amides is 1. The normalized spacial score (nSPS) is 15.3. The van der Waals surface area contributed by atoms with Gasteiger partial charge >= 0.3 is 0 Å². The quantitative estimate of drug-likeness (QED) is 0.0407. The number of carbonyl (C=O) groups excluding carboxylic acids is 4. The predicted octanol–water partition coefficient (Wildman–Crippen LogP) is -0.0895. The van der Waals surface area contributed by atoms with Gasteiger partial charge in [-0.25, -0.2) is 0 Å². The van der Waals surface area contributed by atoms with Crippen LogP contribution in [-0.2, 0) is 25.6 Å². The van der Waals surface area contributed by atoms with Gasteiger partial charge in [-0.2, -0.15) is 0 Å². The Balaban J connectivity index is 2.24. The van der Waals surface area contributed by atoms with Gasteiger partial charge in [-0.05, 0) is 37.2 Å². The number of nitrogens with one attached hydrogen (secondary N) is 4. The maximum absolute atomic E-state index is 13.6. The van der Waals surface area contributed by atoms with Gasteiger partial charge < -0.3 is 38.9 Å². The predicted molar refractivity (Wildman–Crippen MR) is 162 cm³/mol. The van der Waals surface area contributed by atoms with Crippen molar-refractivity contribution in [2.75, 3.05) is 13.1 Å². The average molecular weight is 584 g/mol. The number of rotatable bonds is 17. The summed E-state index contributed by atoms with van der Waals surface area (Å²) >= 11 is 0. The van der Waals surface area contributed by atoms with Crippen LogP contribution >= 0.6 is 0 Å². The number of nitrogen functional groups attached to an aromatic ring is 1. The van der Waals surface area contributed by atoms with Crippen molar-refractivity contribution in [3.63, 3.8) is 0 Å². The van der Waals surface area contributed by atoms with E-state index >= 15 is 0 Å². The van der Waals surface area contributed by atoms with Crippen LogP contribution in [0.4, 0.5) is 0 Å². The summed E-state index contributed by atoms with van der Waals surface area (Å²) < 4.78 is 0. The molecule has 12 N–H and O–H groups in total. The molecule has 1 aromatic carbocycles. The lowest BCUT2D eigenvalue weighted by atomic mass is 9.84. The molecule has 2 rings (SSSR count). The molecule has 0 aromatic heterocycles. The molecule has 0 heterocycles. The van der Waals surface area contributed by atoms with E-state index in [1.54, 1.807) is 24.3 Å². The summed E-state index contributed by atoms with van der Waals surface area (Å²) in [6.07, 6.45) is 7.56. The van der Waals surface area contributed by atoms with E-state index in [9.17, 15) is 19.2 Å². The highest BCUT2D eigenvalue weighted by Gasteiger charge is 2.33. The smallest absolute Gasteiger partial charge is 0.243 e. The molecule has 13 nitrogen and oxygen atoms in total. The molecular weight excluding hydrogens is 538 g/mol. The molecule has 0 spiro atoms. The van der Waals surface area contributed by atoms with Crippen LogP contribution in [0.25, 0.3) is 0 Å². The molecule has 1 aromatic rings. The Labute approximate surface area is 246 Å². The fourth-order valence-electron chi connectivity index (χ4n) is 4.98. The number of amidine groups is 1. The van der Waals surface area contributed by atoms with Crippen molar-refractivity contribution in [1.29, 1.82) is 5.41 Å². The van der Waals surface area contributed by atoms with Crippen LogP contribution in [0.2, 0.25) is 0 Å². The molecule has 1 saturated carbocycles. The van der Waals surface area contributed by atoms with Crippen molar-refractivity contribution >= 4 is 35.4 Å². The first-order valence-corrected chi connectivity index (χ1v) is 14.3. The minimum Gasteiger partial charge on any atom is -0.384 e. The molecule has 42 heavy (non-hydrogen) atoms. The minimum absolute atomic E-state index is 0.0550. The van der Waals surface area contributed by atoms with Gasteiger partial charge in [-0.1, -0.05) is 62.4 Å². The lowest BCUT2D eigenvalue weighted by molar-refractivity contribution is -0.138. The van der Waals surface area contributed by atoms with E-state index in [0.29, 0.717) is 24.0 Å². The number of aliphatic imine (C=N–C) groups is 1. The number of amides is 4. The van der Waals surface area contributed by atoms with E-state index in [0.717, 1.165) is 32.1 Å². The number of nitrogens with zero attached hydrogens (tertiary/aromatic N) is 1. The molecule has 13 heteroatoms. The zero-order chi connectivity index (χ0) is 31.1. The maximum atomic E-state index is 13.6. The molecule has 3 atom stereocenters. The summed E-state index contributed by atoms with van der Waals surface area (Å²) in [5.74, 6) is -3.52. The lowest BCUT2D eigenvalue weighted by Crippen LogP contribution is -2.55. The first-order chi connectivity index (χ1) is 20.0. The maximum Gasteiger partial charge on any atom is 0.243 e. The Morgan fingerprint density at radius 1 is 0.952 bits per heavy atom. The van der Waals surface area contributed by atoms with Gasteiger partial charge in [-0.3, -0.25) is 29.6 Å². The first-order valence-electron chi connectivity index (χ1n) is 14.3. The fourth-order valence-corrected chi connectivity index (χ4v) is 4.98. The molecule has 1 aliphatic rings. The van der Waals surface area contributed by atoms with Crippen LogP contribution in [-0.4, -0.2) is 60.6 Å². The van der Waals surface area contributed by atoms with E-state index in [1.807, 2.05) is 0 Å². The van der Waals surface area contributed by atoms with Gasteiger partial charge in [0, 0.05) is 18.7 Å². The summed E-state index contributed by atoms with van der Waals surface area (Å²) in [6, 6.07) is 4.72. The first kappa shape index (κ1) is 33.8. The van der Waals surface area contributed by atoms with Crippen LogP contribution in [0.3, 0.4) is 0 Å². The third kappa shape index (κ3) is 11.6. The van der Waals surface area contributed by atoms with Crippen molar-refractivity contribution < 1.29 is 19.2 Å². The van der Waals surface area contributed by atoms with Crippen molar-refractivity contribution in [3.8, 4) is 0 Å². The summed E-state index contributed by atoms with van der Waals surface area (Å²) in [6.45, 7) is 4.03. The van der Waals surface area contributed by atoms with Gasteiger partial charge in [-0.15, -0.1) is 6.58 Å². The molecule has 4 amide bonds. The Hall–Kier alpha value is -4.42. The summed E-state index contributed by atoms with van der Waals surface area (Å²) in [7, 11) is 0. The van der Waals surface area contributed by atoms with E-state index in [-0.39, 0.29) is 43.6 Å². The zero-order valence-electron chi connectivity index (χ0n) is 24.1. The lowest BCUT2D eigenvalue weighted by Gasteiger charge is -2.29. The molecule has 2 unspecified atom stereocenters. The Morgan fingerprint density at radius 2 is 1.60 bits per heavy atom. The van der Waals surface area contributed by atoms with Gasteiger partial charge in [0.05, 0.1) is 0 Å². The van der Waals surface area contributed by atoms with E-state index < -0.39 is 41.6 Å². The number of nitrogens with two attached hydrogens (primary N) is 4. The second kappa shape index (κ2) is 17.4. The highest BCUT2D eigenvalue weighted by Crippen LogP contribution is 2.27. The second-order valence-electron chi connectivity index (χ2n) is 10.6. The highest BCUT2D eigenvalue weighted by molar-refractivity contribution is 6.02. The largest absolute Gasteiger partial charge is 0.384 e. The summed E-state index contributed by atoms with van der Waals surface area (Å²) in [5, 5.41) is 15.7. The van der Waals surface area contributed by atoms with Gasteiger partial charge in [0.25, 0.3) is 0 Å². The molecule has 1 aliphatic carbocycles. The molecule has 0 aliphatic heterocycles. The SMILES string of the molecule is C=CCNC(=O)C(Cc1ccc(C(=N)N)cc1)C(=O)NC(CC1CCCCC1)C(=O)N[C@@H](CCCN=C(N)N)C(N)=O. The standard InChI is InChI=1S/C29H45N9O4/c1-2-14-35-26(40)21(16-19-10-12-20(13-11-19)24(30)31)27(41)38-23(17-18-7-4-3-5-8-18)28(42)37-22(25(32)39)9-6-15-36-29(33)34/h2,10-13,18,21-23H,1,3-9,14-17H2,(H3,30,31)(H2,32,39)(H,35,40)(H,37,42)(H,38,41)(H4,33,34,36)/t21?,22-,23?/m0/s1. The van der Waals surface area contributed by atoms with Crippen molar-refractivity contribution in [1.82, 2.24) is 16.0 Å². The van der Waals surface area contributed by atoms with Crippen LogP contribution in [0.5, 0.6) is 0 Å². The Kier molecular flexibility index (Phi) is 14.0. The molecule has 0 saturated heterocycles. The van der Waals surface area contributed by atoms with Crippen LogP contribution in [0.15, 0.2) is 41.9 Å². The van der Waals surface area contributed by atoms with Crippen molar-refractivity contribution in [3.05, 3.63) is 48.0 Å². The molecule has 0 radical (unpaired) electrons. The molecule has 230 valence electrons. The third-order valence-corrected chi connectivity index (χ3v) is 7.29. The molecule has 1 fully saturated rings. The monoisotopic (exact) mass is 583 g/mol. The van der Waals surface area contributed by atoms with Crippen molar-refractivity contribution in [2.45, 2.75) is 69.9 Å². The number of hydrogen-bond acceptors (Lipinski definition) is 6. The topological polar surface area (TPSA) is 245 Å². The number of hydrogen-bond donors (Lipinski definition) is 8. The van der Waals surface area contributed by atoms with Crippen LogP contribution in [0, 0.1) is 17.2 Å². The van der Waals surface area contributed by atoms with Crippen molar-refractivity contribution in [2.24, 2.45) is 39.8 Å². The number of carbonyl (C=O) groups is 4. The number of guanidine groups is 1. The van der Waals surface area contributed by atoms with Gasteiger partial charge in [0.1, 0.15) is 23.8 Å². The summed E-state index contributed by atoms with van der Waals surface area (Å²) in [4.78, 5) is 56.2. The zero-order valence-corrected chi connectivity index (χ0v) is 24.1. The third-order valence-electron chi connectivity index (χ3n) is 7.29. The average Bonchev–Trinajstić information content (AvgIpc) is 2.96. The van der Waals surface area contributed by atoms with E-state index in [1.165, 1.54) is 6.08 Å². The van der Waals surface area contributed by atoms with E-state index in [4.69, 9.17) is 28.3 Å². The Bertz CT molecular complexity index is 1130. The molecule has 0 bridgehead atoms. The number of benzene rings is 1. The van der Waals surface area contributed by atoms with Gasteiger partial charge in [0.15, 0.2) is 5.96 Å². The highest BCUT2D eigenvalue weighted by atomic mass is 16.2. The minimum atomic E-state index is -1.15. The second-order valence-corrected chi connectivity index (χ2v) is 10.6. The Morgan fingerprint density at radius 3 is 2.17 bits per heavy atom. The molecular formula is C29H45N9O4. The van der Waals surface area contributed by atoms with Crippen LogP contribution in [0.1, 0.15) is 62.5 Å². The summed E-state index contributed by atoms with van der Waals surface area (Å²) in [5.41, 5.74) is 23.0. The van der Waals surface area contributed by atoms with Crippen LogP contribution < -0.4 is 38.9 Å². The van der Waals surface area contributed by atoms with E-state index in [2.05, 4.69) is 27.5 Å².